The van der Waals surface area contributed by atoms with Gasteiger partial charge in [0.2, 0.25) is 0 Å². The van der Waals surface area contributed by atoms with Gasteiger partial charge in [-0.3, -0.25) is 4.90 Å². The normalized spacial score (nSPS) is 20.2. The Morgan fingerprint density at radius 2 is 2.03 bits per heavy atom. The molecule has 2 unspecified atom stereocenters. The average molecular weight is 493 g/mol. The molecule has 2 aromatic carbocycles. The number of nitriles is 1. The monoisotopic (exact) mass is 492 g/mol. The molecule has 0 saturated carbocycles. The first-order valence-corrected chi connectivity index (χ1v) is 11.8. The summed E-state index contributed by atoms with van der Waals surface area (Å²) in [5.41, 5.74) is 3.83. The molecule has 2 aliphatic rings. The maximum absolute atomic E-state index is 12.9. The van der Waals surface area contributed by atoms with Crippen LogP contribution in [0.2, 0.25) is 0 Å². The molecule has 5 rings (SSSR count). The third kappa shape index (κ3) is 4.31. The lowest BCUT2D eigenvalue weighted by atomic mass is 10.0. The number of aromatic carboxylic acids is 1. The van der Waals surface area contributed by atoms with E-state index in [0.717, 1.165) is 17.5 Å². The SMILES string of the molecule is Cc1cc([C@@H](C)Nc2ccccc2C(=O)O)c2nc(N3CC4CC3CN4CC(F)F)c(C#N)nc2c1. The van der Waals surface area contributed by atoms with Gasteiger partial charge in [0.15, 0.2) is 11.5 Å². The molecule has 2 aliphatic heterocycles. The summed E-state index contributed by atoms with van der Waals surface area (Å²) in [7, 11) is 0. The van der Waals surface area contributed by atoms with Gasteiger partial charge in [0.05, 0.1) is 29.2 Å². The van der Waals surface area contributed by atoms with Crippen LogP contribution in [0.15, 0.2) is 36.4 Å². The predicted molar refractivity (Wildman–Crippen MR) is 132 cm³/mol. The van der Waals surface area contributed by atoms with Crippen LogP contribution >= 0.6 is 0 Å². The second-order valence-electron chi connectivity index (χ2n) is 9.49. The van der Waals surface area contributed by atoms with Gasteiger partial charge in [-0.15, -0.1) is 0 Å². The first-order chi connectivity index (χ1) is 17.2. The first kappa shape index (κ1) is 23.9. The van der Waals surface area contributed by atoms with Crippen molar-refractivity contribution in [3.8, 4) is 6.07 Å². The summed E-state index contributed by atoms with van der Waals surface area (Å²) in [5.74, 6) is -0.553. The van der Waals surface area contributed by atoms with E-state index in [2.05, 4.69) is 16.4 Å². The fourth-order valence-corrected chi connectivity index (χ4v) is 5.45. The molecule has 3 heterocycles. The van der Waals surface area contributed by atoms with E-state index in [9.17, 15) is 23.9 Å². The fourth-order valence-electron chi connectivity index (χ4n) is 5.45. The van der Waals surface area contributed by atoms with E-state index in [4.69, 9.17) is 4.98 Å². The number of nitrogens with one attached hydrogen (secondary N) is 1. The molecule has 0 amide bonds. The number of carboxylic acid groups (broad SMARTS) is 1. The number of alkyl halides is 2. The van der Waals surface area contributed by atoms with E-state index in [-0.39, 0.29) is 35.9 Å². The number of nitrogens with zero attached hydrogens (tertiary/aromatic N) is 5. The number of aryl methyl sites for hydroxylation is 1. The molecule has 2 N–H and O–H groups in total. The molecule has 2 fully saturated rings. The smallest absolute Gasteiger partial charge is 0.337 e. The van der Waals surface area contributed by atoms with Gasteiger partial charge < -0.3 is 15.3 Å². The van der Waals surface area contributed by atoms with E-state index in [0.29, 0.717) is 35.6 Å². The van der Waals surface area contributed by atoms with Crippen LogP contribution < -0.4 is 10.2 Å². The molecule has 1 aromatic heterocycles. The summed E-state index contributed by atoms with van der Waals surface area (Å²) in [5, 5.41) is 22.7. The molecule has 186 valence electrons. The minimum Gasteiger partial charge on any atom is -0.478 e. The number of carboxylic acids is 1. The number of para-hydroxylation sites is 1. The highest BCUT2D eigenvalue weighted by molar-refractivity contribution is 5.94. The number of carbonyl (C=O) groups is 1. The average Bonchev–Trinajstić information content (AvgIpc) is 3.43. The van der Waals surface area contributed by atoms with E-state index in [1.54, 1.807) is 24.3 Å². The van der Waals surface area contributed by atoms with Crippen molar-refractivity contribution in [2.45, 2.75) is 44.8 Å². The van der Waals surface area contributed by atoms with Gasteiger partial charge in [-0.25, -0.2) is 23.5 Å². The highest BCUT2D eigenvalue weighted by atomic mass is 19.3. The molecule has 3 atom stereocenters. The molecule has 0 spiro atoms. The van der Waals surface area contributed by atoms with Crippen LogP contribution in [-0.2, 0) is 0 Å². The number of rotatable bonds is 7. The quantitative estimate of drug-likeness (QED) is 0.505. The Kier molecular flexibility index (Phi) is 6.18. The molecular formula is C26H26F2N6O2. The molecule has 0 aliphatic carbocycles. The number of halogens is 2. The third-order valence-corrected chi connectivity index (χ3v) is 7.03. The van der Waals surface area contributed by atoms with Gasteiger partial charge in [0.25, 0.3) is 6.43 Å². The lowest BCUT2D eigenvalue weighted by Crippen LogP contribution is -2.48. The molecule has 3 aromatic rings. The third-order valence-electron chi connectivity index (χ3n) is 7.03. The minimum atomic E-state index is -2.38. The number of hydrogen-bond acceptors (Lipinski definition) is 7. The topological polar surface area (TPSA) is 105 Å². The maximum atomic E-state index is 12.9. The first-order valence-electron chi connectivity index (χ1n) is 11.8. The molecule has 0 radical (unpaired) electrons. The second-order valence-corrected chi connectivity index (χ2v) is 9.49. The van der Waals surface area contributed by atoms with Gasteiger partial charge in [-0.1, -0.05) is 18.2 Å². The highest BCUT2D eigenvalue weighted by Gasteiger charge is 2.45. The van der Waals surface area contributed by atoms with E-state index < -0.39 is 12.4 Å². The van der Waals surface area contributed by atoms with Crippen LogP contribution in [0, 0.1) is 18.3 Å². The Balaban J connectivity index is 1.52. The standard InChI is InChI=1S/C26H26F2N6O2/c1-14-7-19(15(2)30-20-6-4-3-5-18(20)26(35)36)24-21(8-14)31-22(10-29)25(32-24)34-12-16-9-17(34)11-33(16)13-23(27)28/h3-8,15-17,23,30H,9,11-13H2,1-2H3,(H,35,36)/t15-,16?,17?/m1/s1. The van der Waals surface area contributed by atoms with Crippen LogP contribution in [0.5, 0.6) is 0 Å². The van der Waals surface area contributed by atoms with Gasteiger partial charge in [-0.05, 0) is 44.0 Å². The number of aromatic nitrogens is 2. The van der Waals surface area contributed by atoms with E-state index in [1.807, 2.05) is 35.8 Å². The van der Waals surface area contributed by atoms with Crippen molar-refractivity contribution in [2.24, 2.45) is 0 Å². The molecule has 36 heavy (non-hydrogen) atoms. The number of piperazine rings is 1. The fraction of sp³-hybridized carbons (Fsp3) is 0.385. The summed E-state index contributed by atoms with van der Waals surface area (Å²) in [6, 6.07) is 12.4. The largest absolute Gasteiger partial charge is 0.478 e. The van der Waals surface area contributed by atoms with Crippen LogP contribution in [-0.4, -0.2) is 64.1 Å². The van der Waals surface area contributed by atoms with Gasteiger partial charge in [0.1, 0.15) is 6.07 Å². The zero-order chi connectivity index (χ0) is 25.6. The summed E-state index contributed by atoms with van der Waals surface area (Å²) in [4.78, 5) is 25.0. The highest BCUT2D eigenvalue weighted by Crippen LogP contribution is 2.37. The van der Waals surface area contributed by atoms with Crippen molar-refractivity contribution in [1.82, 2.24) is 14.9 Å². The van der Waals surface area contributed by atoms with E-state index >= 15 is 0 Å². The van der Waals surface area contributed by atoms with Crippen molar-refractivity contribution in [3.05, 3.63) is 58.8 Å². The summed E-state index contributed by atoms with van der Waals surface area (Å²) in [6.07, 6.45) is -1.62. The molecule has 2 saturated heterocycles. The van der Waals surface area contributed by atoms with Crippen LogP contribution in [0.25, 0.3) is 11.0 Å². The lowest BCUT2D eigenvalue weighted by Gasteiger charge is -2.35. The zero-order valence-corrected chi connectivity index (χ0v) is 19.9. The lowest BCUT2D eigenvalue weighted by molar-refractivity contribution is 0.0697. The van der Waals surface area contributed by atoms with Crippen molar-refractivity contribution >= 4 is 28.5 Å². The Morgan fingerprint density at radius 3 is 2.69 bits per heavy atom. The van der Waals surface area contributed by atoms with Crippen molar-refractivity contribution in [2.75, 3.05) is 29.9 Å². The minimum absolute atomic E-state index is 0.000472. The van der Waals surface area contributed by atoms with Crippen molar-refractivity contribution in [1.29, 1.82) is 5.26 Å². The summed E-state index contributed by atoms with van der Waals surface area (Å²) < 4.78 is 25.9. The number of fused-ring (bicyclic) bond motifs is 3. The zero-order valence-electron chi connectivity index (χ0n) is 19.9. The number of likely N-dealkylation sites (tertiary alicyclic amines) is 1. The van der Waals surface area contributed by atoms with Gasteiger partial charge in [-0.2, -0.15) is 5.26 Å². The Labute approximate surface area is 207 Å². The van der Waals surface area contributed by atoms with Gasteiger partial charge in [0, 0.05) is 36.4 Å². The predicted octanol–water partition coefficient (Wildman–Crippen LogP) is 4.21. The Hall–Kier alpha value is -3.84. The molecule has 2 bridgehead atoms. The number of hydrogen-bond donors (Lipinski definition) is 2. The second kappa shape index (κ2) is 9.32. The van der Waals surface area contributed by atoms with Crippen LogP contribution in [0.4, 0.5) is 20.3 Å². The summed E-state index contributed by atoms with van der Waals surface area (Å²) >= 11 is 0. The number of anilines is 2. The van der Waals surface area contributed by atoms with E-state index in [1.165, 1.54) is 0 Å². The molecule has 10 heteroatoms. The summed E-state index contributed by atoms with van der Waals surface area (Å²) in [6.45, 7) is 4.64. The molecule has 8 nitrogen and oxygen atoms in total. The van der Waals surface area contributed by atoms with Crippen LogP contribution in [0.3, 0.4) is 0 Å². The maximum Gasteiger partial charge on any atom is 0.337 e. The van der Waals surface area contributed by atoms with Crippen molar-refractivity contribution in [3.63, 3.8) is 0 Å². The molecular weight excluding hydrogens is 466 g/mol. The Bertz CT molecular complexity index is 1370. The Morgan fingerprint density at radius 1 is 1.25 bits per heavy atom. The number of benzene rings is 2. The van der Waals surface area contributed by atoms with Gasteiger partial charge >= 0.3 is 5.97 Å². The van der Waals surface area contributed by atoms with Crippen molar-refractivity contribution < 1.29 is 18.7 Å². The van der Waals surface area contributed by atoms with Crippen LogP contribution in [0.1, 0.15) is 46.6 Å².